The number of rotatable bonds is 3. The number of nitrogens with zero attached hydrogens (tertiary/aromatic N) is 3. The van der Waals surface area contributed by atoms with E-state index in [1.807, 2.05) is 0 Å². The average Bonchev–Trinajstić information content (AvgIpc) is 2.33. The quantitative estimate of drug-likeness (QED) is 0.568. The maximum atomic E-state index is 10.2. The number of imidazole rings is 1. The first-order valence-corrected chi connectivity index (χ1v) is 2.98. The van der Waals surface area contributed by atoms with Crippen molar-refractivity contribution in [2.45, 2.75) is 6.54 Å². The highest BCUT2D eigenvalue weighted by Gasteiger charge is 2.15. The van der Waals surface area contributed by atoms with Crippen LogP contribution in [0.2, 0.25) is 0 Å². The van der Waals surface area contributed by atoms with Crippen molar-refractivity contribution in [3.05, 3.63) is 22.5 Å². The molecule has 8 heteroatoms. The lowest BCUT2D eigenvalue weighted by Crippen LogP contribution is -2.10. The van der Waals surface area contributed by atoms with Gasteiger partial charge < -0.3 is 15.2 Å². The van der Waals surface area contributed by atoms with E-state index in [1.165, 1.54) is 12.4 Å². The second kappa shape index (κ2) is 4.41. The van der Waals surface area contributed by atoms with Crippen molar-refractivity contribution in [1.82, 2.24) is 9.55 Å². The molecule has 1 heterocycles. The molecule has 0 aliphatic heterocycles. The third kappa shape index (κ3) is 2.71. The molecule has 0 saturated heterocycles. The fraction of sp³-hybridized carbons (Fsp3) is 0.200. The highest BCUT2D eigenvalue weighted by atomic mass is 35.5. The molecular weight excluding hydrogens is 202 g/mol. The summed E-state index contributed by atoms with van der Waals surface area (Å²) in [6.07, 6.45) is 2.42. The van der Waals surface area contributed by atoms with E-state index in [1.54, 1.807) is 0 Å². The molecule has 0 bridgehead atoms. The molecule has 72 valence electrons. The number of hydrogen-bond donors (Lipinski definition) is 1. The predicted octanol–water partition coefficient (Wildman–Crippen LogP) is 0.298. The largest absolute Gasteiger partial charge is 0.479 e. The maximum absolute atomic E-state index is 10.2. The maximum Gasteiger partial charge on any atom is 0.435 e. The predicted molar refractivity (Wildman–Crippen MR) is 43.8 cm³/mol. The molecule has 0 spiro atoms. The zero-order valence-corrected chi connectivity index (χ0v) is 7.10. The molecule has 1 aromatic heterocycles. The Morgan fingerprint density at radius 3 is 2.85 bits per heavy atom. The van der Waals surface area contributed by atoms with Gasteiger partial charge in [0.2, 0.25) is 0 Å². The van der Waals surface area contributed by atoms with Gasteiger partial charge in [0.1, 0.15) is 12.4 Å². The summed E-state index contributed by atoms with van der Waals surface area (Å²) < 4.78 is 0.947. The van der Waals surface area contributed by atoms with E-state index in [0.29, 0.717) is 0 Å². The summed E-state index contributed by atoms with van der Waals surface area (Å²) in [5, 5.41) is 18.5. The standard InChI is InChI=1S/C5H5N3O4.ClH/c9-4(10)3-7-2-1-6-5(7)8(11)12;/h1-2H,3H2,(H,9,10);1H. The summed E-state index contributed by atoms with van der Waals surface area (Å²) in [6.45, 7) is -0.448. The van der Waals surface area contributed by atoms with Crippen LogP contribution in [-0.2, 0) is 11.3 Å². The van der Waals surface area contributed by atoms with Crippen molar-refractivity contribution in [2.24, 2.45) is 0 Å². The number of carbonyl (C=O) groups is 1. The molecule has 7 nitrogen and oxygen atoms in total. The van der Waals surface area contributed by atoms with E-state index in [2.05, 4.69) is 4.98 Å². The lowest BCUT2D eigenvalue weighted by atomic mass is 10.6. The number of carboxylic acid groups (broad SMARTS) is 1. The lowest BCUT2D eigenvalue weighted by molar-refractivity contribution is -0.396. The highest BCUT2D eigenvalue weighted by molar-refractivity contribution is 5.85. The molecule has 1 rings (SSSR count). The van der Waals surface area contributed by atoms with Crippen molar-refractivity contribution in [2.75, 3.05) is 0 Å². The first-order chi connectivity index (χ1) is 5.61. The van der Waals surface area contributed by atoms with Crippen LogP contribution in [0.3, 0.4) is 0 Å². The molecule has 1 N–H and O–H groups in total. The van der Waals surface area contributed by atoms with Crippen molar-refractivity contribution in [3.8, 4) is 0 Å². The molecule has 0 atom stereocenters. The Labute approximate surface area is 78.6 Å². The van der Waals surface area contributed by atoms with Crippen LogP contribution >= 0.6 is 12.4 Å². The molecule has 1 aromatic rings. The monoisotopic (exact) mass is 207 g/mol. The number of aromatic nitrogens is 2. The minimum absolute atomic E-state index is 0. The number of nitro groups is 1. The second-order valence-corrected chi connectivity index (χ2v) is 2.01. The average molecular weight is 208 g/mol. The van der Waals surface area contributed by atoms with Gasteiger partial charge in [-0.25, -0.2) is 9.36 Å². The van der Waals surface area contributed by atoms with Crippen molar-refractivity contribution in [3.63, 3.8) is 0 Å². The molecule has 0 unspecified atom stereocenters. The van der Waals surface area contributed by atoms with Crippen LogP contribution in [0.4, 0.5) is 5.95 Å². The smallest absolute Gasteiger partial charge is 0.435 e. The molecule has 0 saturated carbocycles. The van der Waals surface area contributed by atoms with Gasteiger partial charge in [0, 0.05) is 0 Å². The van der Waals surface area contributed by atoms with E-state index in [9.17, 15) is 14.9 Å². The van der Waals surface area contributed by atoms with Gasteiger partial charge in [-0.3, -0.25) is 0 Å². The van der Waals surface area contributed by atoms with Gasteiger partial charge >= 0.3 is 11.9 Å². The minimum Gasteiger partial charge on any atom is -0.479 e. The van der Waals surface area contributed by atoms with Gasteiger partial charge in [0.05, 0.1) is 0 Å². The van der Waals surface area contributed by atoms with E-state index in [0.717, 1.165) is 4.57 Å². The summed E-state index contributed by atoms with van der Waals surface area (Å²) in [7, 11) is 0. The van der Waals surface area contributed by atoms with E-state index < -0.39 is 23.4 Å². The zero-order valence-electron chi connectivity index (χ0n) is 6.28. The van der Waals surface area contributed by atoms with Crippen LogP contribution in [0.5, 0.6) is 0 Å². The number of aliphatic carboxylic acids is 1. The molecule has 0 aromatic carbocycles. The summed E-state index contributed by atoms with van der Waals surface area (Å²) in [5.41, 5.74) is 0. The Kier molecular flexibility index (Phi) is 3.86. The third-order valence-electron chi connectivity index (χ3n) is 1.16. The molecular formula is C5H6ClN3O4. The van der Waals surface area contributed by atoms with Crippen LogP contribution in [0, 0.1) is 10.1 Å². The summed E-state index contributed by atoms with van der Waals surface area (Å²) in [6, 6.07) is 0. The minimum atomic E-state index is -1.14. The fourth-order valence-corrected chi connectivity index (χ4v) is 0.742. The summed E-state index contributed by atoms with van der Waals surface area (Å²) >= 11 is 0. The van der Waals surface area contributed by atoms with Crippen LogP contribution in [0.15, 0.2) is 12.4 Å². The van der Waals surface area contributed by atoms with Crippen molar-refractivity contribution < 1.29 is 14.8 Å². The Morgan fingerprint density at radius 1 is 1.77 bits per heavy atom. The van der Waals surface area contributed by atoms with Gasteiger partial charge in [-0.2, -0.15) is 0 Å². The van der Waals surface area contributed by atoms with Crippen molar-refractivity contribution in [1.29, 1.82) is 0 Å². The van der Waals surface area contributed by atoms with Gasteiger partial charge in [-0.1, -0.05) is 4.98 Å². The highest BCUT2D eigenvalue weighted by Crippen LogP contribution is 2.06. The SMILES string of the molecule is Cl.O=C(O)Cn1ccnc1[N+](=O)[O-]. The topological polar surface area (TPSA) is 98.3 Å². The Balaban J connectivity index is 0.00000144. The van der Waals surface area contributed by atoms with Crippen LogP contribution in [0.25, 0.3) is 0 Å². The first kappa shape index (κ1) is 11.4. The van der Waals surface area contributed by atoms with E-state index in [4.69, 9.17) is 5.11 Å². The Hall–Kier alpha value is -1.63. The number of carboxylic acids is 1. The lowest BCUT2D eigenvalue weighted by Gasteiger charge is -1.95. The summed E-state index contributed by atoms with van der Waals surface area (Å²) in [4.78, 5) is 23.0. The van der Waals surface area contributed by atoms with Gasteiger partial charge in [0.25, 0.3) is 0 Å². The molecule has 0 amide bonds. The second-order valence-electron chi connectivity index (χ2n) is 2.01. The Morgan fingerprint density at radius 2 is 2.38 bits per heavy atom. The molecule has 0 fully saturated rings. The first-order valence-electron chi connectivity index (χ1n) is 2.98. The van der Waals surface area contributed by atoms with Gasteiger partial charge in [-0.05, 0) is 4.92 Å². The van der Waals surface area contributed by atoms with Gasteiger partial charge in [-0.15, -0.1) is 12.4 Å². The molecule has 0 aliphatic carbocycles. The Bertz CT molecular complexity index is 323. The van der Waals surface area contributed by atoms with Crippen LogP contribution in [-0.4, -0.2) is 25.6 Å². The third-order valence-corrected chi connectivity index (χ3v) is 1.16. The van der Waals surface area contributed by atoms with E-state index in [-0.39, 0.29) is 12.4 Å². The zero-order chi connectivity index (χ0) is 9.14. The normalized spacial score (nSPS) is 8.92. The van der Waals surface area contributed by atoms with Crippen LogP contribution in [0.1, 0.15) is 0 Å². The fourth-order valence-electron chi connectivity index (χ4n) is 0.742. The molecule has 0 radical (unpaired) electrons. The molecule has 0 aliphatic rings. The summed E-state index contributed by atoms with van der Waals surface area (Å²) in [5.74, 6) is -1.60. The van der Waals surface area contributed by atoms with Gasteiger partial charge in [0.15, 0.2) is 6.54 Å². The number of halogens is 1. The van der Waals surface area contributed by atoms with E-state index >= 15 is 0 Å². The van der Waals surface area contributed by atoms with Crippen molar-refractivity contribution >= 4 is 24.3 Å². The van der Waals surface area contributed by atoms with Crippen LogP contribution < -0.4 is 0 Å². The number of hydrogen-bond acceptors (Lipinski definition) is 4. The molecule has 13 heavy (non-hydrogen) atoms.